The number of nitrogens with zero attached hydrogens (tertiary/aromatic N) is 3. The number of carbonyl (C=O) groups is 2. The van der Waals surface area contributed by atoms with E-state index in [9.17, 15) is 9.59 Å². The van der Waals surface area contributed by atoms with Crippen molar-refractivity contribution in [3.8, 4) is 0 Å². The number of esters is 1. The minimum absolute atomic E-state index is 0.134. The SMILES string of the molecule is CC1CCN(C(=O)COC(=O)CCNc2ncccn2)c2ccccc2S1. The zero-order chi connectivity index (χ0) is 19.1. The van der Waals surface area contributed by atoms with Crippen LogP contribution in [0.4, 0.5) is 11.6 Å². The first-order chi connectivity index (χ1) is 13.1. The van der Waals surface area contributed by atoms with Crippen molar-refractivity contribution in [2.24, 2.45) is 0 Å². The molecule has 0 saturated carbocycles. The van der Waals surface area contributed by atoms with E-state index in [1.165, 1.54) is 0 Å². The number of amides is 1. The maximum Gasteiger partial charge on any atom is 0.308 e. The average Bonchev–Trinajstić information content (AvgIpc) is 2.85. The van der Waals surface area contributed by atoms with Crippen LogP contribution in [0.1, 0.15) is 19.8 Å². The molecule has 142 valence electrons. The Hall–Kier alpha value is -2.61. The van der Waals surface area contributed by atoms with E-state index >= 15 is 0 Å². The molecule has 1 aromatic heterocycles. The Bertz CT molecular complexity index is 788. The Balaban J connectivity index is 1.49. The second-order valence-corrected chi connectivity index (χ2v) is 7.62. The van der Waals surface area contributed by atoms with Crippen LogP contribution in [0.5, 0.6) is 0 Å². The molecule has 8 heteroatoms. The fourth-order valence-corrected chi connectivity index (χ4v) is 3.82. The highest BCUT2D eigenvalue weighted by Crippen LogP contribution is 2.37. The van der Waals surface area contributed by atoms with Gasteiger partial charge in [-0.1, -0.05) is 19.1 Å². The smallest absolute Gasteiger partial charge is 0.308 e. The summed E-state index contributed by atoms with van der Waals surface area (Å²) in [5.41, 5.74) is 0.885. The lowest BCUT2D eigenvalue weighted by molar-refractivity contribution is -0.147. The van der Waals surface area contributed by atoms with E-state index in [1.54, 1.807) is 35.1 Å². The van der Waals surface area contributed by atoms with Gasteiger partial charge in [-0.2, -0.15) is 0 Å². The van der Waals surface area contributed by atoms with Gasteiger partial charge in [0.1, 0.15) is 0 Å². The molecule has 7 nitrogen and oxygen atoms in total. The zero-order valence-corrected chi connectivity index (χ0v) is 15.9. The van der Waals surface area contributed by atoms with Gasteiger partial charge in [-0.3, -0.25) is 9.59 Å². The van der Waals surface area contributed by atoms with Crippen LogP contribution < -0.4 is 10.2 Å². The summed E-state index contributed by atoms with van der Waals surface area (Å²) in [6, 6.07) is 9.55. The van der Waals surface area contributed by atoms with E-state index < -0.39 is 5.97 Å². The lowest BCUT2D eigenvalue weighted by Gasteiger charge is -2.22. The van der Waals surface area contributed by atoms with Crippen LogP contribution in [-0.2, 0) is 14.3 Å². The highest BCUT2D eigenvalue weighted by Gasteiger charge is 2.24. The standard InChI is InChI=1S/C19H22N4O3S/c1-14-8-12-23(15-5-2-3-6-16(15)27-14)17(24)13-26-18(25)7-11-22-19-20-9-4-10-21-19/h2-6,9-10,14H,7-8,11-13H2,1H3,(H,20,21,22). The van der Waals surface area contributed by atoms with Crippen LogP contribution in [0.3, 0.4) is 0 Å². The van der Waals surface area contributed by atoms with Gasteiger partial charge in [-0.25, -0.2) is 9.97 Å². The number of para-hydroxylation sites is 1. The maximum atomic E-state index is 12.6. The largest absolute Gasteiger partial charge is 0.455 e. The topological polar surface area (TPSA) is 84.4 Å². The maximum absolute atomic E-state index is 12.6. The minimum atomic E-state index is -0.433. The molecule has 3 rings (SSSR count). The van der Waals surface area contributed by atoms with E-state index in [2.05, 4.69) is 22.2 Å². The van der Waals surface area contributed by atoms with Crippen LogP contribution in [0.25, 0.3) is 0 Å². The van der Waals surface area contributed by atoms with Crippen LogP contribution in [-0.4, -0.2) is 46.8 Å². The Kier molecular flexibility index (Phi) is 6.64. The summed E-state index contributed by atoms with van der Waals surface area (Å²) in [4.78, 5) is 35.3. The van der Waals surface area contributed by atoms with Crippen molar-refractivity contribution >= 4 is 35.3 Å². The fraction of sp³-hybridized carbons (Fsp3) is 0.368. The molecule has 1 atom stereocenters. The number of fused-ring (bicyclic) bond motifs is 1. The summed E-state index contributed by atoms with van der Waals surface area (Å²) < 4.78 is 5.16. The summed E-state index contributed by atoms with van der Waals surface area (Å²) in [5.74, 6) is -0.184. The van der Waals surface area contributed by atoms with Crippen LogP contribution in [0, 0.1) is 0 Å². The van der Waals surface area contributed by atoms with Gasteiger partial charge in [0.25, 0.3) is 5.91 Å². The molecule has 0 fully saturated rings. The zero-order valence-electron chi connectivity index (χ0n) is 15.1. The number of anilines is 2. The number of thioether (sulfide) groups is 1. The van der Waals surface area contributed by atoms with E-state index in [0.29, 0.717) is 24.3 Å². The third-order valence-corrected chi connectivity index (χ3v) is 5.32. The van der Waals surface area contributed by atoms with E-state index in [1.807, 2.05) is 24.3 Å². The molecule has 1 amide bonds. The molecular weight excluding hydrogens is 364 g/mol. The van der Waals surface area contributed by atoms with E-state index in [-0.39, 0.29) is 18.9 Å². The van der Waals surface area contributed by atoms with Gasteiger partial charge >= 0.3 is 5.97 Å². The molecule has 2 heterocycles. The van der Waals surface area contributed by atoms with Crippen molar-refractivity contribution in [2.75, 3.05) is 29.9 Å². The van der Waals surface area contributed by atoms with Crippen molar-refractivity contribution in [1.29, 1.82) is 0 Å². The second-order valence-electron chi connectivity index (χ2n) is 6.14. The van der Waals surface area contributed by atoms with E-state index in [0.717, 1.165) is 17.0 Å². The number of benzene rings is 1. The third-order valence-electron chi connectivity index (χ3n) is 4.08. The molecule has 0 radical (unpaired) electrons. The van der Waals surface area contributed by atoms with Crippen LogP contribution in [0.15, 0.2) is 47.6 Å². The Morgan fingerprint density at radius 2 is 2.04 bits per heavy atom. The van der Waals surface area contributed by atoms with Gasteiger partial charge in [0, 0.05) is 35.6 Å². The number of hydrogen-bond donors (Lipinski definition) is 1. The van der Waals surface area contributed by atoms with E-state index in [4.69, 9.17) is 4.74 Å². The molecule has 0 bridgehead atoms. The fourth-order valence-electron chi connectivity index (χ4n) is 2.70. The van der Waals surface area contributed by atoms with Crippen molar-refractivity contribution < 1.29 is 14.3 Å². The molecule has 27 heavy (non-hydrogen) atoms. The van der Waals surface area contributed by atoms with Gasteiger partial charge in [-0.05, 0) is 24.6 Å². The van der Waals surface area contributed by atoms with Gasteiger partial charge in [0.05, 0.1) is 12.1 Å². The van der Waals surface area contributed by atoms with Crippen LogP contribution >= 0.6 is 11.8 Å². The summed E-state index contributed by atoms with van der Waals surface area (Å²) in [7, 11) is 0. The summed E-state index contributed by atoms with van der Waals surface area (Å²) >= 11 is 1.77. The minimum Gasteiger partial charge on any atom is -0.455 e. The Morgan fingerprint density at radius 3 is 2.85 bits per heavy atom. The molecule has 1 aliphatic rings. The number of carbonyl (C=O) groups excluding carboxylic acids is 2. The predicted octanol–water partition coefficient (Wildman–Crippen LogP) is 2.74. The Morgan fingerprint density at radius 1 is 1.26 bits per heavy atom. The Labute approximate surface area is 162 Å². The van der Waals surface area contributed by atoms with Crippen LogP contribution in [0.2, 0.25) is 0 Å². The average molecular weight is 386 g/mol. The summed E-state index contributed by atoms with van der Waals surface area (Å²) in [5, 5.41) is 3.36. The molecule has 0 aliphatic carbocycles. The first-order valence-electron chi connectivity index (χ1n) is 8.86. The van der Waals surface area contributed by atoms with Crippen molar-refractivity contribution in [2.45, 2.75) is 29.9 Å². The molecule has 1 aliphatic heterocycles. The number of nitrogens with one attached hydrogen (secondary N) is 1. The first-order valence-corrected chi connectivity index (χ1v) is 9.74. The molecule has 0 saturated heterocycles. The number of hydrogen-bond acceptors (Lipinski definition) is 7. The normalized spacial score (nSPS) is 16.2. The molecule has 1 unspecified atom stereocenters. The van der Waals surface area contributed by atoms with Gasteiger partial charge in [-0.15, -0.1) is 11.8 Å². The van der Waals surface area contributed by atoms with Gasteiger partial charge in [0.15, 0.2) is 6.61 Å². The molecule has 0 spiro atoms. The second kappa shape index (κ2) is 9.36. The highest BCUT2D eigenvalue weighted by atomic mass is 32.2. The molecule has 1 aromatic carbocycles. The number of aromatic nitrogens is 2. The quantitative estimate of drug-likeness (QED) is 0.764. The summed E-state index contributed by atoms with van der Waals surface area (Å²) in [6.07, 6.45) is 4.25. The van der Waals surface area contributed by atoms with Crippen molar-refractivity contribution in [3.05, 3.63) is 42.7 Å². The molecule has 2 aromatic rings. The highest BCUT2D eigenvalue weighted by molar-refractivity contribution is 8.00. The lowest BCUT2D eigenvalue weighted by atomic mass is 10.2. The number of ether oxygens (including phenoxy) is 1. The molecular formula is C19H22N4O3S. The van der Waals surface area contributed by atoms with Gasteiger partial charge in [0.2, 0.25) is 5.95 Å². The lowest BCUT2D eigenvalue weighted by Crippen LogP contribution is -2.36. The van der Waals surface area contributed by atoms with Gasteiger partial charge < -0.3 is 15.0 Å². The summed E-state index contributed by atoms with van der Waals surface area (Å²) in [6.45, 7) is 2.86. The predicted molar refractivity (Wildman–Crippen MR) is 105 cm³/mol. The third kappa shape index (κ3) is 5.43. The monoisotopic (exact) mass is 386 g/mol. The van der Waals surface area contributed by atoms with Crippen molar-refractivity contribution in [3.63, 3.8) is 0 Å². The van der Waals surface area contributed by atoms with Crippen molar-refractivity contribution in [1.82, 2.24) is 9.97 Å². The number of rotatable bonds is 6. The molecule has 1 N–H and O–H groups in total. The first kappa shape index (κ1) is 19.2.